The summed E-state index contributed by atoms with van der Waals surface area (Å²) in [5.74, 6) is 0. The van der Waals surface area contributed by atoms with Gasteiger partial charge in [-0.25, -0.2) is 9.97 Å². The van der Waals surface area contributed by atoms with Crippen LogP contribution >= 0.6 is 11.8 Å². The molecule has 0 saturated heterocycles. The lowest BCUT2D eigenvalue weighted by atomic mass is 10.1. The number of aryl methyl sites for hydroxylation is 1. The first-order chi connectivity index (χ1) is 9.42. The zero-order valence-electron chi connectivity index (χ0n) is 12.5. The van der Waals surface area contributed by atoms with Gasteiger partial charge in [0.25, 0.3) is 0 Å². The summed E-state index contributed by atoms with van der Waals surface area (Å²) in [6.45, 7) is 9.39. The fraction of sp³-hybridized carbons (Fsp3) is 0.375. The molecule has 1 N–H and O–H groups in total. The monoisotopic (exact) mass is 287 g/mol. The fourth-order valence-electron chi connectivity index (χ4n) is 1.58. The van der Waals surface area contributed by atoms with Gasteiger partial charge in [-0.1, -0.05) is 12.1 Å². The molecule has 0 saturated carbocycles. The smallest absolute Gasteiger partial charge is 0.192 e. The van der Waals surface area contributed by atoms with Crippen LogP contribution in [0.3, 0.4) is 0 Å². The third-order valence-corrected chi connectivity index (χ3v) is 3.61. The van der Waals surface area contributed by atoms with Gasteiger partial charge in [-0.15, -0.1) is 0 Å². The molecular formula is C16H21N3S. The van der Waals surface area contributed by atoms with Crippen molar-refractivity contribution in [3.8, 4) is 0 Å². The lowest BCUT2D eigenvalue weighted by Gasteiger charge is -2.20. The van der Waals surface area contributed by atoms with Crippen molar-refractivity contribution in [2.75, 3.05) is 0 Å². The van der Waals surface area contributed by atoms with Gasteiger partial charge >= 0.3 is 0 Å². The SMILES string of the molecule is Cc1cnc(Sc2ccc(CNC(C)(C)C)cc2)nc1. The van der Waals surface area contributed by atoms with Crippen LogP contribution in [0, 0.1) is 6.92 Å². The molecule has 0 spiro atoms. The lowest BCUT2D eigenvalue weighted by molar-refractivity contribution is 0.424. The molecule has 0 unspecified atom stereocenters. The number of benzene rings is 1. The van der Waals surface area contributed by atoms with Crippen LogP contribution in [0.25, 0.3) is 0 Å². The minimum absolute atomic E-state index is 0.142. The summed E-state index contributed by atoms with van der Waals surface area (Å²) < 4.78 is 0. The Labute approximate surface area is 125 Å². The van der Waals surface area contributed by atoms with E-state index in [0.717, 1.165) is 22.2 Å². The highest BCUT2D eigenvalue weighted by molar-refractivity contribution is 7.99. The highest BCUT2D eigenvalue weighted by atomic mass is 32.2. The average Bonchev–Trinajstić information content (AvgIpc) is 2.40. The molecule has 20 heavy (non-hydrogen) atoms. The highest BCUT2D eigenvalue weighted by Crippen LogP contribution is 2.24. The van der Waals surface area contributed by atoms with E-state index in [1.807, 2.05) is 19.3 Å². The molecule has 0 atom stereocenters. The molecule has 0 radical (unpaired) electrons. The average molecular weight is 287 g/mol. The van der Waals surface area contributed by atoms with Crippen LogP contribution in [-0.4, -0.2) is 15.5 Å². The standard InChI is InChI=1S/C16H21N3S/c1-12-9-17-15(18-10-12)20-14-7-5-13(6-8-14)11-19-16(2,3)4/h5-10,19H,11H2,1-4H3. The minimum atomic E-state index is 0.142. The van der Waals surface area contributed by atoms with Crippen LogP contribution in [0.4, 0.5) is 0 Å². The van der Waals surface area contributed by atoms with E-state index in [0.29, 0.717) is 0 Å². The van der Waals surface area contributed by atoms with Crippen LogP contribution in [0.2, 0.25) is 0 Å². The van der Waals surface area contributed by atoms with E-state index in [1.165, 1.54) is 5.56 Å². The third kappa shape index (κ3) is 4.94. The van der Waals surface area contributed by atoms with E-state index in [4.69, 9.17) is 0 Å². The maximum Gasteiger partial charge on any atom is 0.192 e. The molecule has 0 aliphatic rings. The van der Waals surface area contributed by atoms with E-state index in [-0.39, 0.29) is 5.54 Å². The largest absolute Gasteiger partial charge is 0.308 e. The molecule has 1 aromatic heterocycles. The Balaban J connectivity index is 1.96. The van der Waals surface area contributed by atoms with Gasteiger partial charge in [-0.05, 0) is 62.7 Å². The Morgan fingerprint density at radius 1 is 1.05 bits per heavy atom. The van der Waals surface area contributed by atoms with Crippen molar-refractivity contribution in [2.45, 2.75) is 49.8 Å². The van der Waals surface area contributed by atoms with Gasteiger partial charge in [0.15, 0.2) is 5.16 Å². The number of hydrogen-bond donors (Lipinski definition) is 1. The predicted molar refractivity (Wildman–Crippen MR) is 83.9 cm³/mol. The first kappa shape index (κ1) is 15.0. The number of aromatic nitrogens is 2. The molecule has 3 nitrogen and oxygen atoms in total. The van der Waals surface area contributed by atoms with E-state index >= 15 is 0 Å². The Bertz CT molecular complexity index is 541. The summed E-state index contributed by atoms with van der Waals surface area (Å²) in [6, 6.07) is 8.53. The number of nitrogens with zero attached hydrogens (tertiary/aromatic N) is 2. The lowest BCUT2D eigenvalue weighted by Crippen LogP contribution is -2.35. The molecule has 0 aliphatic heterocycles. The summed E-state index contributed by atoms with van der Waals surface area (Å²) >= 11 is 1.59. The maximum atomic E-state index is 4.30. The molecule has 1 aromatic carbocycles. The minimum Gasteiger partial charge on any atom is -0.308 e. The second-order valence-corrected chi connectivity index (χ2v) is 6.93. The van der Waals surface area contributed by atoms with Gasteiger partial charge in [0.05, 0.1) is 0 Å². The molecule has 2 rings (SSSR count). The van der Waals surface area contributed by atoms with E-state index in [9.17, 15) is 0 Å². The number of rotatable bonds is 4. The predicted octanol–water partition coefficient (Wildman–Crippen LogP) is 3.82. The zero-order chi connectivity index (χ0) is 14.6. The Morgan fingerprint density at radius 3 is 2.20 bits per heavy atom. The Morgan fingerprint density at radius 2 is 1.65 bits per heavy atom. The summed E-state index contributed by atoms with van der Waals surface area (Å²) in [7, 11) is 0. The third-order valence-electron chi connectivity index (χ3n) is 2.71. The normalized spacial score (nSPS) is 11.6. The van der Waals surface area contributed by atoms with Crippen LogP contribution in [-0.2, 0) is 6.54 Å². The molecule has 0 fully saturated rings. The summed E-state index contributed by atoms with van der Waals surface area (Å²) in [4.78, 5) is 9.77. The molecular weight excluding hydrogens is 266 g/mol. The van der Waals surface area contributed by atoms with Crippen molar-refractivity contribution in [3.05, 3.63) is 47.8 Å². The second-order valence-electron chi connectivity index (χ2n) is 5.89. The van der Waals surface area contributed by atoms with Crippen molar-refractivity contribution in [3.63, 3.8) is 0 Å². The molecule has 106 valence electrons. The van der Waals surface area contributed by atoms with Crippen molar-refractivity contribution in [2.24, 2.45) is 0 Å². The molecule has 2 aromatic rings. The molecule has 1 heterocycles. The Kier molecular flexibility index (Phi) is 4.78. The Hall–Kier alpha value is -1.39. The fourth-order valence-corrected chi connectivity index (χ4v) is 2.28. The van der Waals surface area contributed by atoms with E-state index in [2.05, 4.69) is 60.3 Å². The number of nitrogens with one attached hydrogen (secondary N) is 1. The highest BCUT2D eigenvalue weighted by Gasteiger charge is 2.08. The van der Waals surface area contributed by atoms with Gasteiger partial charge in [0.1, 0.15) is 0 Å². The van der Waals surface area contributed by atoms with Crippen molar-refractivity contribution in [1.82, 2.24) is 15.3 Å². The first-order valence-corrected chi connectivity index (χ1v) is 7.54. The first-order valence-electron chi connectivity index (χ1n) is 6.73. The van der Waals surface area contributed by atoms with Gasteiger partial charge in [-0.3, -0.25) is 0 Å². The molecule has 0 aliphatic carbocycles. The van der Waals surface area contributed by atoms with Crippen molar-refractivity contribution in [1.29, 1.82) is 0 Å². The second kappa shape index (κ2) is 6.37. The van der Waals surface area contributed by atoms with Crippen molar-refractivity contribution < 1.29 is 0 Å². The summed E-state index contributed by atoms with van der Waals surface area (Å²) in [6.07, 6.45) is 3.69. The van der Waals surface area contributed by atoms with Crippen LogP contribution in [0.1, 0.15) is 31.9 Å². The van der Waals surface area contributed by atoms with E-state index < -0.39 is 0 Å². The van der Waals surface area contributed by atoms with Crippen LogP contribution in [0.15, 0.2) is 46.7 Å². The molecule has 0 bridgehead atoms. The van der Waals surface area contributed by atoms with Gasteiger partial charge in [0.2, 0.25) is 0 Å². The van der Waals surface area contributed by atoms with Gasteiger partial charge in [0, 0.05) is 29.4 Å². The van der Waals surface area contributed by atoms with Gasteiger partial charge in [-0.2, -0.15) is 0 Å². The topological polar surface area (TPSA) is 37.8 Å². The maximum absolute atomic E-state index is 4.30. The molecule has 4 heteroatoms. The summed E-state index contributed by atoms with van der Waals surface area (Å²) in [5.41, 5.74) is 2.51. The quantitative estimate of drug-likeness (QED) is 0.867. The van der Waals surface area contributed by atoms with Crippen LogP contribution in [0.5, 0.6) is 0 Å². The van der Waals surface area contributed by atoms with E-state index in [1.54, 1.807) is 11.8 Å². The number of hydrogen-bond acceptors (Lipinski definition) is 4. The van der Waals surface area contributed by atoms with Crippen molar-refractivity contribution >= 4 is 11.8 Å². The molecule has 0 amide bonds. The summed E-state index contributed by atoms with van der Waals surface area (Å²) in [5, 5.41) is 4.27. The zero-order valence-corrected chi connectivity index (χ0v) is 13.3. The van der Waals surface area contributed by atoms with Gasteiger partial charge < -0.3 is 5.32 Å². The van der Waals surface area contributed by atoms with Crippen LogP contribution < -0.4 is 5.32 Å².